The van der Waals surface area contributed by atoms with Crippen molar-refractivity contribution in [3.05, 3.63) is 30.1 Å². The molecule has 0 aliphatic heterocycles. The van der Waals surface area contributed by atoms with E-state index in [2.05, 4.69) is 31.9 Å². The summed E-state index contributed by atoms with van der Waals surface area (Å²) in [5, 5.41) is 0. The summed E-state index contributed by atoms with van der Waals surface area (Å²) in [5.41, 5.74) is 0. The standard InChI is InChI=1S/C8H7Br2FO/c9-8(10)5-12-7-3-1-2-6(11)4-7/h1-4,8H,5H2. The lowest BCUT2D eigenvalue weighted by atomic mass is 10.3. The van der Waals surface area contributed by atoms with Gasteiger partial charge in [0.2, 0.25) is 0 Å². The van der Waals surface area contributed by atoms with Gasteiger partial charge in [-0.3, -0.25) is 0 Å². The number of rotatable bonds is 3. The Hall–Kier alpha value is -0.0900. The van der Waals surface area contributed by atoms with E-state index in [1.807, 2.05) is 0 Å². The molecule has 1 aromatic rings. The first-order valence-corrected chi connectivity index (χ1v) is 5.18. The van der Waals surface area contributed by atoms with Crippen LogP contribution >= 0.6 is 31.9 Å². The Morgan fingerprint density at radius 2 is 2.17 bits per heavy atom. The van der Waals surface area contributed by atoms with Gasteiger partial charge in [-0.05, 0) is 12.1 Å². The summed E-state index contributed by atoms with van der Waals surface area (Å²) in [7, 11) is 0. The second-order valence-electron chi connectivity index (χ2n) is 2.16. The van der Waals surface area contributed by atoms with Crippen LogP contribution in [0.1, 0.15) is 0 Å². The summed E-state index contributed by atoms with van der Waals surface area (Å²) in [6.07, 6.45) is 0. The van der Waals surface area contributed by atoms with E-state index in [9.17, 15) is 4.39 Å². The topological polar surface area (TPSA) is 9.23 Å². The molecule has 0 aliphatic carbocycles. The van der Waals surface area contributed by atoms with E-state index in [1.165, 1.54) is 12.1 Å². The minimum atomic E-state index is -0.284. The smallest absolute Gasteiger partial charge is 0.126 e. The molecule has 0 saturated carbocycles. The molecular weight excluding hydrogens is 291 g/mol. The van der Waals surface area contributed by atoms with Crippen LogP contribution in [0.3, 0.4) is 0 Å². The number of halogens is 3. The second kappa shape index (κ2) is 4.82. The Balaban J connectivity index is 2.52. The quantitative estimate of drug-likeness (QED) is 0.778. The van der Waals surface area contributed by atoms with Gasteiger partial charge in [0.1, 0.15) is 21.9 Å². The number of hydrogen-bond acceptors (Lipinski definition) is 1. The van der Waals surface area contributed by atoms with Crippen molar-refractivity contribution in [3.63, 3.8) is 0 Å². The first-order chi connectivity index (χ1) is 5.68. The zero-order valence-electron chi connectivity index (χ0n) is 6.14. The van der Waals surface area contributed by atoms with Crippen molar-refractivity contribution in [2.75, 3.05) is 6.61 Å². The molecule has 1 rings (SSSR count). The normalized spacial score (nSPS) is 10.3. The maximum Gasteiger partial charge on any atom is 0.126 e. The molecule has 0 saturated heterocycles. The summed E-state index contributed by atoms with van der Waals surface area (Å²) in [6.45, 7) is 0.462. The van der Waals surface area contributed by atoms with E-state index in [4.69, 9.17) is 4.74 Å². The highest BCUT2D eigenvalue weighted by atomic mass is 79.9. The predicted octanol–water partition coefficient (Wildman–Crippen LogP) is 3.32. The molecule has 0 unspecified atom stereocenters. The molecule has 12 heavy (non-hydrogen) atoms. The van der Waals surface area contributed by atoms with Gasteiger partial charge >= 0.3 is 0 Å². The Labute approximate surface area is 87.2 Å². The Kier molecular flexibility index (Phi) is 4.01. The minimum absolute atomic E-state index is 0.0910. The van der Waals surface area contributed by atoms with Gasteiger partial charge in [0, 0.05) is 6.07 Å². The molecule has 66 valence electrons. The van der Waals surface area contributed by atoms with Gasteiger partial charge in [0.25, 0.3) is 0 Å². The van der Waals surface area contributed by atoms with Crippen LogP contribution in [0.25, 0.3) is 0 Å². The summed E-state index contributed by atoms with van der Waals surface area (Å²) < 4.78 is 17.9. The molecule has 0 spiro atoms. The van der Waals surface area contributed by atoms with E-state index in [0.29, 0.717) is 12.4 Å². The van der Waals surface area contributed by atoms with Gasteiger partial charge in [-0.15, -0.1) is 0 Å². The molecule has 0 radical (unpaired) electrons. The first-order valence-electron chi connectivity index (χ1n) is 3.35. The van der Waals surface area contributed by atoms with Gasteiger partial charge in [-0.2, -0.15) is 0 Å². The lowest BCUT2D eigenvalue weighted by Gasteiger charge is -2.05. The molecule has 0 amide bonds. The fourth-order valence-electron chi connectivity index (χ4n) is 0.716. The van der Waals surface area contributed by atoms with Gasteiger partial charge in [-0.25, -0.2) is 4.39 Å². The maximum atomic E-state index is 12.6. The highest BCUT2D eigenvalue weighted by molar-refractivity contribution is 9.24. The van der Waals surface area contributed by atoms with E-state index in [1.54, 1.807) is 12.1 Å². The van der Waals surface area contributed by atoms with Crippen molar-refractivity contribution < 1.29 is 9.13 Å². The third-order valence-corrected chi connectivity index (χ3v) is 1.70. The summed E-state index contributed by atoms with van der Waals surface area (Å²) >= 11 is 6.50. The molecule has 0 atom stereocenters. The van der Waals surface area contributed by atoms with Crippen molar-refractivity contribution >= 4 is 31.9 Å². The number of benzene rings is 1. The van der Waals surface area contributed by atoms with Crippen LogP contribution in [0.4, 0.5) is 4.39 Å². The highest BCUT2D eigenvalue weighted by Crippen LogP contribution is 2.15. The lowest BCUT2D eigenvalue weighted by Crippen LogP contribution is -2.03. The zero-order chi connectivity index (χ0) is 8.97. The largest absolute Gasteiger partial charge is 0.491 e. The van der Waals surface area contributed by atoms with Crippen molar-refractivity contribution in [1.82, 2.24) is 0 Å². The molecule has 0 fully saturated rings. The molecule has 0 N–H and O–H groups in total. The molecule has 4 heteroatoms. The lowest BCUT2D eigenvalue weighted by molar-refractivity contribution is 0.338. The average Bonchev–Trinajstić information content (AvgIpc) is 2.01. The van der Waals surface area contributed by atoms with E-state index < -0.39 is 0 Å². The molecule has 0 aromatic heterocycles. The van der Waals surface area contributed by atoms with Crippen LogP contribution in [0.5, 0.6) is 5.75 Å². The molecule has 0 bridgehead atoms. The van der Waals surface area contributed by atoms with Crippen molar-refractivity contribution in [3.8, 4) is 5.75 Å². The summed E-state index contributed by atoms with van der Waals surface area (Å²) in [6, 6.07) is 6.06. The van der Waals surface area contributed by atoms with Crippen LogP contribution < -0.4 is 4.74 Å². The second-order valence-corrected chi connectivity index (χ2v) is 5.60. The minimum Gasteiger partial charge on any atom is -0.491 e. The zero-order valence-corrected chi connectivity index (χ0v) is 9.31. The summed E-state index contributed by atoms with van der Waals surface area (Å²) in [4.78, 5) is 0. The maximum absolute atomic E-state index is 12.6. The van der Waals surface area contributed by atoms with Crippen LogP contribution in [0.2, 0.25) is 0 Å². The molecule has 0 heterocycles. The van der Waals surface area contributed by atoms with Crippen molar-refractivity contribution in [2.24, 2.45) is 0 Å². The van der Waals surface area contributed by atoms with E-state index in [0.717, 1.165) is 0 Å². The average molecular weight is 298 g/mol. The fourth-order valence-corrected chi connectivity index (χ4v) is 0.980. The molecular formula is C8H7Br2FO. The van der Waals surface area contributed by atoms with Gasteiger partial charge in [-0.1, -0.05) is 37.9 Å². The number of hydrogen-bond donors (Lipinski definition) is 0. The predicted molar refractivity (Wildman–Crippen MR) is 53.5 cm³/mol. The van der Waals surface area contributed by atoms with Crippen molar-refractivity contribution in [2.45, 2.75) is 3.74 Å². The van der Waals surface area contributed by atoms with Gasteiger partial charge < -0.3 is 4.74 Å². The Morgan fingerprint density at radius 3 is 2.75 bits per heavy atom. The molecule has 1 nitrogen and oxygen atoms in total. The number of ether oxygens (including phenoxy) is 1. The van der Waals surface area contributed by atoms with Crippen LogP contribution in [-0.2, 0) is 0 Å². The first kappa shape index (κ1) is 9.99. The SMILES string of the molecule is Fc1cccc(OCC(Br)Br)c1. The van der Waals surface area contributed by atoms with Gasteiger partial charge in [0.05, 0.1) is 0 Å². The number of alkyl halides is 2. The molecule has 0 aliphatic rings. The van der Waals surface area contributed by atoms with Crippen LogP contribution in [0, 0.1) is 5.82 Å². The Morgan fingerprint density at radius 1 is 1.42 bits per heavy atom. The highest BCUT2D eigenvalue weighted by Gasteiger charge is 1.99. The van der Waals surface area contributed by atoms with Crippen LogP contribution in [-0.4, -0.2) is 10.3 Å². The Bertz CT molecular complexity index is 253. The van der Waals surface area contributed by atoms with Crippen molar-refractivity contribution in [1.29, 1.82) is 0 Å². The van der Waals surface area contributed by atoms with Crippen LogP contribution in [0.15, 0.2) is 24.3 Å². The molecule has 1 aromatic carbocycles. The van der Waals surface area contributed by atoms with E-state index >= 15 is 0 Å². The monoisotopic (exact) mass is 296 g/mol. The van der Waals surface area contributed by atoms with E-state index in [-0.39, 0.29) is 9.55 Å². The van der Waals surface area contributed by atoms with Gasteiger partial charge in [0.15, 0.2) is 0 Å². The third-order valence-electron chi connectivity index (χ3n) is 1.17. The third kappa shape index (κ3) is 3.54. The fraction of sp³-hybridized carbons (Fsp3) is 0.250. The summed E-state index contributed by atoms with van der Waals surface area (Å²) in [5.74, 6) is 0.257.